The van der Waals surface area contributed by atoms with Gasteiger partial charge in [0.25, 0.3) is 0 Å². The van der Waals surface area contributed by atoms with Gasteiger partial charge in [-0.05, 0) is 30.9 Å². The van der Waals surface area contributed by atoms with Crippen LogP contribution in [0.4, 0.5) is 5.13 Å². The standard InChI is InChI=1S/C16H18BrN3O2S/c17-12-3-1-10(2-4-12)13-9-23-16(19-13)20-15(21)14(18)11-5-7-22-8-6-11/h1-4,9,11,14H,5-8,18H2,(H,19,20,21). The van der Waals surface area contributed by atoms with Crippen molar-refractivity contribution in [1.29, 1.82) is 0 Å². The van der Waals surface area contributed by atoms with E-state index in [2.05, 4.69) is 26.2 Å². The van der Waals surface area contributed by atoms with Gasteiger partial charge in [0.2, 0.25) is 5.91 Å². The molecule has 1 amide bonds. The molecule has 1 fully saturated rings. The first-order valence-electron chi connectivity index (χ1n) is 7.49. The lowest BCUT2D eigenvalue weighted by atomic mass is 9.92. The second kappa shape index (κ2) is 7.53. The Morgan fingerprint density at radius 2 is 2.04 bits per heavy atom. The van der Waals surface area contributed by atoms with Crippen molar-refractivity contribution in [3.63, 3.8) is 0 Å². The molecule has 3 N–H and O–H groups in total. The highest BCUT2D eigenvalue weighted by Gasteiger charge is 2.27. The van der Waals surface area contributed by atoms with Gasteiger partial charge in [-0.2, -0.15) is 0 Å². The summed E-state index contributed by atoms with van der Waals surface area (Å²) in [7, 11) is 0. The van der Waals surface area contributed by atoms with Crippen LogP contribution in [0, 0.1) is 5.92 Å². The van der Waals surface area contributed by atoms with Crippen LogP contribution in [-0.2, 0) is 9.53 Å². The summed E-state index contributed by atoms with van der Waals surface area (Å²) in [5, 5.41) is 5.34. The summed E-state index contributed by atoms with van der Waals surface area (Å²) < 4.78 is 6.33. The highest BCUT2D eigenvalue weighted by atomic mass is 79.9. The zero-order chi connectivity index (χ0) is 16.2. The predicted molar refractivity (Wildman–Crippen MR) is 95.4 cm³/mol. The molecule has 1 aromatic carbocycles. The number of hydrogen-bond donors (Lipinski definition) is 2. The fourth-order valence-corrected chi connectivity index (χ4v) is 3.55. The molecule has 1 aliphatic rings. The molecule has 2 aromatic rings. The Morgan fingerprint density at radius 1 is 1.35 bits per heavy atom. The third-order valence-electron chi connectivity index (χ3n) is 3.95. The first kappa shape index (κ1) is 16.6. The monoisotopic (exact) mass is 395 g/mol. The number of nitrogens with one attached hydrogen (secondary N) is 1. The highest BCUT2D eigenvalue weighted by Crippen LogP contribution is 2.26. The first-order chi connectivity index (χ1) is 11.1. The molecule has 122 valence electrons. The summed E-state index contributed by atoms with van der Waals surface area (Å²) in [6.45, 7) is 1.35. The summed E-state index contributed by atoms with van der Waals surface area (Å²) in [5.41, 5.74) is 7.94. The van der Waals surface area contributed by atoms with E-state index in [0.29, 0.717) is 18.3 Å². The maximum atomic E-state index is 12.3. The number of hydrogen-bond acceptors (Lipinski definition) is 5. The maximum Gasteiger partial charge on any atom is 0.243 e. The second-order valence-corrected chi connectivity index (χ2v) is 7.28. The van der Waals surface area contributed by atoms with Gasteiger partial charge in [0.1, 0.15) is 0 Å². The zero-order valence-electron chi connectivity index (χ0n) is 12.5. The molecular formula is C16H18BrN3O2S. The number of nitrogens with zero attached hydrogens (tertiary/aromatic N) is 1. The zero-order valence-corrected chi connectivity index (χ0v) is 14.9. The van der Waals surface area contributed by atoms with Crippen molar-refractivity contribution in [1.82, 2.24) is 4.98 Å². The number of anilines is 1. The van der Waals surface area contributed by atoms with Crippen molar-refractivity contribution < 1.29 is 9.53 Å². The van der Waals surface area contributed by atoms with Gasteiger partial charge in [-0.15, -0.1) is 11.3 Å². The summed E-state index contributed by atoms with van der Waals surface area (Å²) in [6.07, 6.45) is 1.66. The molecule has 23 heavy (non-hydrogen) atoms. The molecule has 1 saturated heterocycles. The first-order valence-corrected chi connectivity index (χ1v) is 9.16. The van der Waals surface area contributed by atoms with E-state index in [0.717, 1.165) is 28.6 Å². The largest absolute Gasteiger partial charge is 0.381 e. The van der Waals surface area contributed by atoms with Gasteiger partial charge < -0.3 is 15.8 Å². The van der Waals surface area contributed by atoms with E-state index < -0.39 is 6.04 Å². The SMILES string of the molecule is NC(C(=O)Nc1nc(-c2ccc(Br)cc2)cs1)C1CCOCC1. The molecule has 0 saturated carbocycles. The Hall–Kier alpha value is -1.28. The number of thiazole rings is 1. The quantitative estimate of drug-likeness (QED) is 0.832. The van der Waals surface area contributed by atoms with Gasteiger partial charge in [0.05, 0.1) is 11.7 Å². The average molecular weight is 396 g/mol. The number of carbonyl (C=O) groups is 1. The summed E-state index contributed by atoms with van der Waals surface area (Å²) in [5.74, 6) is 0.00302. The molecule has 0 bridgehead atoms. The Labute approximate surface area is 147 Å². The van der Waals surface area contributed by atoms with E-state index >= 15 is 0 Å². The number of carbonyl (C=O) groups excluding carboxylic acids is 1. The van der Waals surface area contributed by atoms with Crippen molar-refractivity contribution in [2.24, 2.45) is 11.7 Å². The van der Waals surface area contributed by atoms with Crippen LogP contribution < -0.4 is 11.1 Å². The van der Waals surface area contributed by atoms with Gasteiger partial charge in [-0.25, -0.2) is 4.98 Å². The maximum absolute atomic E-state index is 12.3. The molecule has 1 atom stereocenters. The van der Waals surface area contributed by atoms with Crippen LogP contribution in [0.5, 0.6) is 0 Å². The topological polar surface area (TPSA) is 77.2 Å². The van der Waals surface area contributed by atoms with Crippen LogP contribution >= 0.6 is 27.3 Å². The van der Waals surface area contributed by atoms with E-state index in [4.69, 9.17) is 10.5 Å². The molecule has 1 aromatic heterocycles. The molecule has 5 nitrogen and oxygen atoms in total. The van der Waals surface area contributed by atoms with Gasteiger partial charge in [-0.3, -0.25) is 4.79 Å². The minimum absolute atomic E-state index is 0.173. The van der Waals surface area contributed by atoms with Crippen molar-refractivity contribution >= 4 is 38.3 Å². The third kappa shape index (κ3) is 4.17. The lowest BCUT2D eigenvalue weighted by Crippen LogP contribution is -2.43. The predicted octanol–water partition coefficient (Wildman–Crippen LogP) is 3.27. The van der Waals surface area contributed by atoms with Crippen LogP contribution in [-0.4, -0.2) is 30.1 Å². The van der Waals surface area contributed by atoms with Gasteiger partial charge >= 0.3 is 0 Å². The number of ether oxygens (including phenoxy) is 1. The minimum atomic E-state index is -0.515. The van der Waals surface area contributed by atoms with Gasteiger partial charge in [0.15, 0.2) is 5.13 Å². The van der Waals surface area contributed by atoms with Crippen molar-refractivity contribution in [3.8, 4) is 11.3 Å². The number of halogens is 1. The third-order valence-corrected chi connectivity index (χ3v) is 5.24. The van der Waals surface area contributed by atoms with Crippen LogP contribution in [0.1, 0.15) is 12.8 Å². The molecule has 3 rings (SSSR count). The number of aromatic nitrogens is 1. The number of nitrogens with two attached hydrogens (primary N) is 1. The number of benzene rings is 1. The Morgan fingerprint density at radius 3 is 2.74 bits per heavy atom. The van der Waals surface area contributed by atoms with Gasteiger partial charge in [0, 0.05) is 28.6 Å². The Balaban J connectivity index is 1.64. The molecule has 1 unspecified atom stereocenters. The van der Waals surface area contributed by atoms with Crippen LogP contribution in [0.2, 0.25) is 0 Å². The van der Waals surface area contributed by atoms with Crippen molar-refractivity contribution in [3.05, 3.63) is 34.1 Å². The lowest BCUT2D eigenvalue weighted by Gasteiger charge is -2.26. The van der Waals surface area contributed by atoms with Crippen LogP contribution in [0.15, 0.2) is 34.1 Å². The molecule has 0 spiro atoms. The fourth-order valence-electron chi connectivity index (χ4n) is 2.56. The normalized spacial score (nSPS) is 17.0. The smallest absolute Gasteiger partial charge is 0.243 e. The average Bonchev–Trinajstić information content (AvgIpc) is 3.04. The van der Waals surface area contributed by atoms with E-state index in [1.165, 1.54) is 11.3 Å². The lowest BCUT2D eigenvalue weighted by molar-refractivity contribution is -0.119. The number of rotatable bonds is 4. The van der Waals surface area contributed by atoms with E-state index in [1.807, 2.05) is 29.6 Å². The molecule has 0 aliphatic carbocycles. The van der Waals surface area contributed by atoms with E-state index in [-0.39, 0.29) is 11.8 Å². The Bertz CT molecular complexity index is 668. The molecule has 1 aliphatic heterocycles. The second-order valence-electron chi connectivity index (χ2n) is 5.51. The van der Waals surface area contributed by atoms with Crippen LogP contribution in [0.3, 0.4) is 0 Å². The summed E-state index contributed by atoms with van der Waals surface area (Å²) in [6, 6.07) is 7.39. The van der Waals surface area contributed by atoms with E-state index in [9.17, 15) is 4.79 Å². The Kier molecular flexibility index (Phi) is 5.42. The van der Waals surface area contributed by atoms with Crippen LogP contribution in [0.25, 0.3) is 11.3 Å². The molecule has 7 heteroatoms. The fraction of sp³-hybridized carbons (Fsp3) is 0.375. The molecule has 2 heterocycles. The summed E-state index contributed by atoms with van der Waals surface area (Å²) in [4.78, 5) is 16.8. The number of amides is 1. The molecular weight excluding hydrogens is 378 g/mol. The highest BCUT2D eigenvalue weighted by molar-refractivity contribution is 9.10. The van der Waals surface area contributed by atoms with Crippen molar-refractivity contribution in [2.45, 2.75) is 18.9 Å². The molecule has 0 radical (unpaired) electrons. The minimum Gasteiger partial charge on any atom is -0.381 e. The van der Waals surface area contributed by atoms with E-state index in [1.54, 1.807) is 0 Å². The summed E-state index contributed by atoms with van der Waals surface area (Å²) >= 11 is 4.82. The van der Waals surface area contributed by atoms with Crippen molar-refractivity contribution in [2.75, 3.05) is 18.5 Å². The van der Waals surface area contributed by atoms with Gasteiger partial charge in [-0.1, -0.05) is 28.1 Å².